The Morgan fingerprint density at radius 3 is 2.26 bits per heavy atom. The van der Waals surface area contributed by atoms with Crippen LogP contribution in [0.4, 0.5) is 5.69 Å². The van der Waals surface area contributed by atoms with Crippen LogP contribution in [-0.4, -0.2) is 5.11 Å². The Morgan fingerprint density at radius 1 is 1.00 bits per heavy atom. The van der Waals surface area contributed by atoms with E-state index in [1.807, 2.05) is 0 Å². The van der Waals surface area contributed by atoms with Gasteiger partial charge in [0, 0.05) is 32.7 Å². The summed E-state index contributed by atoms with van der Waals surface area (Å²) in [7, 11) is 0. The summed E-state index contributed by atoms with van der Waals surface area (Å²) < 4.78 is 0. The molecule has 0 amide bonds. The second kappa shape index (κ2) is 6.02. The summed E-state index contributed by atoms with van der Waals surface area (Å²) >= 11 is 17.7. The maximum Gasteiger partial charge on any atom is 0.0850 e. The maximum absolute atomic E-state index is 10.2. The van der Waals surface area contributed by atoms with Gasteiger partial charge in [-0.15, -0.1) is 0 Å². The molecule has 0 radical (unpaired) electrons. The lowest BCUT2D eigenvalue weighted by Crippen LogP contribution is -2.05. The van der Waals surface area contributed by atoms with Gasteiger partial charge in [0.2, 0.25) is 0 Å². The topological polar surface area (TPSA) is 46.2 Å². The minimum atomic E-state index is -0.740. The summed E-state index contributed by atoms with van der Waals surface area (Å²) in [6.45, 7) is 0. The van der Waals surface area contributed by atoms with Crippen LogP contribution in [0, 0.1) is 0 Å². The van der Waals surface area contributed by atoms with E-state index in [2.05, 4.69) is 0 Å². The van der Waals surface area contributed by atoms with Gasteiger partial charge >= 0.3 is 0 Å². The smallest absolute Gasteiger partial charge is 0.0850 e. The molecule has 0 aromatic heterocycles. The number of nitrogen functional groups attached to an aromatic ring is 1. The van der Waals surface area contributed by atoms with Crippen LogP contribution < -0.4 is 5.73 Å². The van der Waals surface area contributed by atoms with Gasteiger partial charge in [-0.2, -0.15) is 0 Å². The highest BCUT2D eigenvalue weighted by molar-refractivity contribution is 6.35. The third-order valence-corrected chi connectivity index (χ3v) is 3.66. The van der Waals surface area contributed by atoms with Gasteiger partial charge in [0.25, 0.3) is 0 Å². The van der Waals surface area contributed by atoms with Crippen molar-refractivity contribution in [2.24, 2.45) is 0 Å². The minimum absolute atomic E-state index is 0.363. The fraction of sp³-hybridized carbons (Fsp3) is 0.143. The van der Waals surface area contributed by atoms with Crippen molar-refractivity contribution in [2.75, 3.05) is 5.73 Å². The standard InChI is InChI=1S/C14H12Cl3NO/c15-9-2-1-8(12(17)6-9)5-14(19)11-4-3-10(16)7-13(11)18/h1-4,6-7,14,19H,5,18H2. The Labute approximate surface area is 126 Å². The van der Waals surface area contributed by atoms with Gasteiger partial charge in [0.1, 0.15) is 0 Å². The van der Waals surface area contributed by atoms with E-state index >= 15 is 0 Å². The maximum atomic E-state index is 10.2. The molecule has 1 unspecified atom stereocenters. The predicted molar refractivity (Wildman–Crippen MR) is 81.0 cm³/mol. The summed E-state index contributed by atoms with van der Waals surface area (Å²) in [4.78, 5) is 0. The molecule has 100 valence electrons. The second-order valence-corrected chi connectivity index (χ2v) is 5.51. The van der Waals surface area contributed by atoms with Crippen LogP contribution >= 0.6 is 34.8 Å². The minimum Gasteiger partial charge on any atom is -0.398 e. The van der Waals surface area contributed by atoms with Gasteiger partial charge < -0.3 is 10.8 Å². The largest absolute Gasteiger partial charge is 0.398 e. The van der Waals surface area contributed by atoms with E-state index in [0.29, 0.717) is 32.7 Å². The molecule has 0 aliphatic rings. The number of aliphatic hydroxyl groups excluding tert-OH is 1. The zero-order chi connectivity index (χ0) is 14.0. The number of aliphatic hydroxyl groups is 1. The first-order valence-electron chi connectivity index (χ1n) is 5.64. The molecule has 0 saturated carbocycles. The van der Waals surface area contributed by atoms with Crippen molar-refractivity contribution in [1.82, 2.24) is 0 Å². The van der Waals surface area contributed by atoms with Gasteiger partial charge in [0.15, 0.2) is 0 Å². The molecule has 0 spiro atoms. The average molecular weight is 317 g/mol. The third-order valence-electron chi connectivity index (χ3n) is 2.84. The number of hydrogen-bond acceptors (Lipinski definition) is 2. The van der Waals surface area contributed by atoms with E-state index in [4.69, 9.17) is 40.5 Å². The summed E-state index contributed by atoms with van der Waals surface area (Å²) in [5.74, 6) is 0. The van der Waals surface area contributed by atoms with E-state index in [1.165, 1.54) is 0 Å². The lowest BCUT2D eigenvalue weighted by molar-refractivity contribution is 0.179. The van der Waals surface area contributed by atoms with E-state index in [-0.39, 0.29) is 0 Å². The molecule has 5 heteroatoms. The molecule has 3 N–H and O–H groups in total. The Kier molecular flexibility index (Phi) is 4.58. The Bertz CT molecular complexity index is 601. The van der Waals surface area contributed by atoms with E-state index in [0.717, 1.165) is 5.56 Å². The second-order valence-electron chi connectivity index (χ2n) is 4.23. The number of hydrogen-bond donors (Lipinski definition) is 2. The molecule has 2 nitrogen and oxygen atoms in total. The number of nitrogens with two attached hydrogens (primary N) is 1. The molecule has 2 rings (SSSR count). The average Bonchev–Trinajstić information content (AvgIpc) is 2.32. The summed E-state index contributed by atoms with van der Waals surface area (Å²) in [6.07, 6.45) is -0.377. The van der Waals surface area contributed by atoms with Gasteiger partial charge in [0.05, 0.1) is 6.10 Å². The zero-order valence-electron chi connectivity index (χ0n) is 9.91. The van der Waals surface area contributed by atoms with Gasteiger partial charge in [-0.1, -0.05) is 46.9 Å². The van der Waals surface area contributed by atoms with Crippen molar-refractivity contribution in [3.05, 3.63) is 62.6 Å². The van der Waals surface area contributed by atoms with Crippen molar-refractivity contribution in [3.8, 4) is 0 Å². The molecule has 0 fully saturated rings. The predicted octanol–water partition coefficient (Wildman–Crippen LogP) is 4.51. The molecular weight excluding hydrogens is 305 g/mol. The van der Waals surface area contributed by atoms with Gasteiger partial charge in [-0.3, -0.25) is 0 Å². The van der Waals surface area contributed by atoms with Crippen LogP contribution in [0.15, 0.2) is 36.4 Å². The van der Waals surface area contributed by atoms with Crippen molar-refractivity contribution < 1.29 is 5.11 Å². The SMILES string of the molecule is Nc1cc(Cl)ccc1C(O)Cc1ccc(Cl)cc1Cl. The monoisotopic (exact) mass is 315 g/mol. The molecule has 1 atom stereocenters. The molecule has 19 heavy (non-hydrogen) atoms. The molecule has 0 saturated heterocycles. The molecule has 0 aliphatic carbocycles. The molecular formula is C14H12Cl3NO. The number of benzene rings is 2. The lowest BCUT2D eigenvalue weighted by Gasteiger charge is -2.14. The van der Waals surface area contributed by atoms with E-state index in [9.17, 15) is 5.11 Å². The van der Waals surface area contributed by atoms with Crippen LogP contribution in [0.25, 0.3) is 0 Å². The Morgan fingerprint density at radius 2 is 1.63 bits per heavy atom. The first kappa shape index (κ1) is 14.5. The highest BCUT2D eigenvalue weighted by Crippen LogP contribution is 2.29. The lowest BCUT2D eigenvalue weighted by atomic mass is 10.00. The summed E-state index contributed by atoms with van der Waals surface area (Å²) in [5, 5.41) is 11.9. The Balaban J connectivity index is 2.23. The normalized spacial score (nSPS) is 12.4. The Hall–Kier alpha value is -0.930. The molecule has 2 aromatic rings. The van der Waals surface area contributed by atoms with Gasteiger partial charge in [-0.25, -0.2) is 0 Å². The highest BCUT2D eigenvalue weighted by atomic mass is 35.5. The van der Waals surface area contributed by atoms with Crippen LogP contribution in [-0.2, 0) is 6.42 Å². The zero-order valence-corrected chi connectivity index (χ0v) is 12.2. The van der Waals surface area contributed by atoms with Crippen molar-refractivity contribution in [1.29, 1.82) is 0 Å². The van der Waals surface area contributed by atoms with Crippen LogP contribution in [0.2, 0.25) is 15.1 Å². The van der Waals surface area contributed by atoms with Crippen LogP contribution in [0.3, 0.4) is 0 Å². The number of halogens is 3. The molecule has 0 aliphatic heterocycles. The van der Waals surface area contributed by atoms with E-state index in [1.54, 1.807) is 36.4 Å². The fourth-order valence-corrected chi connectivity index (χ4v) is 2.52. The first-order chi connectivity index (χ1) is 8.97. The van der Waals surface area contributed by atoms with Crippen molar-refractivity contribution >= 4 is 40.5 Å². The quantitative estimate of drug-likeness (QED) is 0.819. The number of rotatable bonds is 3. The van der Waals surface area contributed by atoms with Crippen molar-refractivity contribution in [2.45, 2.75) is 12.5 Å². The first-order valence-corrected chi connectivity index (χ1v) is 6.77. The van der Waals surface area contributed by atoms with Crippen LogP contribution in [0.1, 0.15) is 17.2 Å². The van der Waals surface area contributed by atoms with Crippen LogP contribution in [0.5, 0.6) is 0 Å². The van der Waals surface area contributed by atoms with Gasteiger partial charge in [-0.05, 0) is 29.8 Å². The third kappa shape index (κ3) is 3.54. The highest BCUT2D eigenvalue weighted by Gasteiger charge is 2.14. The summed E-state index contributed by atoms with van der Waals surface area (Å²) in [6, 6.07) is 10.2. The fourth-order valence-electron chi connectivity index (χ4n) is 1.85. The molecule has 0 bridgehead atoms. The molecule has 0 heterocycles. The summed E-state index contributed by atoms with van der Waals surface area (Å²) in [5.41, 5.74) is 7.75. The van der Waals surface area contributed by atoms with E-state index < -0.39 is 6.10 Å². The van der Waals surface area contributed by atoms with Crippen molar-refractivity contribution in [3.63, 3.8) is 0 Å². The molecule has 2 aromatic carbocycles. The number of anilines is 1.